The van der Waals surface area contributed by atoms with E-state index in [9.17, 15) is 0 Å². The third-order valence-corrected chi connectivity index (χ3v) is 3.99. The number of para-hydroxylation sites is 1. The maximum Gasteiger partial charge on any atom is 0.0513 e. The summed E-state index contributed by atoms with van der Waals surface area (Å²) in [4.78, 5) is 0. The number of benzene rings is 2. The van der Waals surface area contributed by atoms with Crippen LogP contribution in [0.4, 0.5) is 5.69 Å². The molecule has 21 heavy (non-hydrogen) atoms. The lowest BCUT2D eigenvalue weighted by atomic mass is 10.1. The number of hydrogen-bond acceptors (Lipinski definition) is 1. The Kier molecular flexibility index (Phi) is 3.96. The standard InChI is InChI=1S/C19H22N2/c1-3-16-5-4-6-17-11-13-21(19(16)17)14-12-20-18-9-7-15(2)8-10-18/h4-11,13,20H,3,12,14H2,1-2H3. The smallest absolute Gasteiger partial charge is 0.0513 e. The highest BCUT2D eigenvalue weighted by atomic mass is 15.0. The molecule has 0 aliphatic carbocycles. The number of fused-ring (bicyclic) bond motifs is 1. The van der Waals surface area contributed by atoms with Crippen LogP contribution < -0.4 is 5.32 Å². The lowest BCUT2D eigenvalue weighted by molar-refractivity contribution is 0.754. The van der Waals surface area contributed by atoms with Crippen LogP contribution >= 0.6 is 0 Å². The summed E-state index contributed by atoms with van der Waals surface area (Å²) in [5, 5.41) is 4.83. The quantitative estimate of drug-likeness (QED) is 0.720. The van der Waals surface area contributed by atoms with Gasteiger partial charge in [-0.25, -0.2) is 0 Å². The predicted octanol–water partition coefficient (Wildman–Crippen LogP) is 4.62. The van der Waals surface area contributed by atoms with Crippen LogP contribution in [0.3, 0.4) is 0 Å². The fraction of sp³-hybridized carbons (Fsp3) is 0.263. The Balaban J connectivity index is 1.72. The van der Waals surface area contributed by atoms with Crippen molar-refractivity contribution in [1.82, 2.24) is 4.57 Å². The molecule has 1 N–H and O–H groups in total. The van der Waals surface area contributed by atoms with Gasteiger partial charge in [0.25, 0.3) is 0 Å². The molecule has 108 valence electrons. The van der Waals surface area contributed by atoms with Crippen LogP contribution in [-0.2, 0) is 13.0 Å². The van der Waals surface area contributed by atoms with Crippen molar-refractivity contribution in [1.29, 1.82) is 0 Å². The molecule has 0 amide bonds. The summed E-state index contributed by atoms with van der Waals surface area (Å²) in [5.74, 6) is 0. The Morgan fingerprint density at radius 2 is 1.81 bits per heavy atom. The fourth-order valence-electron chi connectivity index (χ4n) is 2.80. The van der Waals surface area contributed by atoms with Crippen molar-refractivity contribution in [3.05, 3.63) is 65.9 Å². The Morgan fingerprint density at radius 1 is 1.00 bits per heavy atom. The largest absolute Gasteiger partial charge is 0.383 e. The van der Waals surface area contributed by atoms with Crippen molar-refractivity contribution in [2.45, 2.75) is 26.8 Å². The van der Waals surface area contributed by atoms with E-state index in [2.05, 4.69) is 78.5 Å². The van der Waals surface area contributed by atoms with Gasteiger partial charge in [0.05, 0.1) is 5.52 Å². The summed E-state index contributed by atoms with van der Waals surface area (Å²) in [6, 6.07) is 17.3. The number of rotatable bonds is 5. The van der Waals surface area contributed by atoms with Crippen molar-refractivity contribution >= 4 is 16.6 Å². The van der Waals surface area contributed by atoms with Crippen molar-refractivity contribution in [2.75, 3.05) is 11.9 Å². The summed E-state index contributed by atoms with van der Waals surface area (Å²) in [5.41, 5.74) is 5.29. The van der Waals surface area contributed by atoms with Gasteiger partial charge in [-0.2, -0.15) is 0 Å². The zero-order chi connectivity index (χ0) is 14.7. The van der Waals surface area contributed by atoms with E-state index in [0.29, 0.717) is 0 Å². The second-order valence-electron chi connectivity index (χ2n) is 5.51. The van der Waals surface area contributed by atoms with Crippen LogP contribution in [0.2, 0.25) is 0 Å². The van der Waals surface area contributed by atoms with E-state index in [4.69, 9.17) is 0 Å². The molecule has 3 rings (SSSR count). The summed E-state index contributed by atoms with van der Waals surface area (Å²) < 4.78 is 2.36. The summed E-state index contributed by atoms with van der Waals surface area (Å²) in [6.45, 7) is 6.25. The second kappa shape index (κ2) is 6.04. The van der Waals surface area contributed by atoms with Crippen molar-refractivity contribution < 1.29 is 0 Å². The van der Waals surface area contributed by atoms with E-state index >= 15 is 0 Å². The minimum Gasteiger partial charge on any atom is -0.383 e. The molecule has 0 radical (unpaired) electrons. The third kappa shape index (κ3) is 2.94. The molecule has 0 bridgehead atoms. The molecule has 2 nitrogen and oxygen atoms in total. The van der Waals surface area contributed by atoms with Crippen LogP contribution in [0.1, 0.15) is 18.1 Å². The molecule has 0 spiro atoms. The molecular weight excluding hydrogens is 256 g/mol. The van der Waals surface area contributed by atoms with Gasteiger partial charge in [0, 0.05) is 25.0 Å². The minimum atomic E-state index is 0.935. The van der Waals surface area contributed by atoms with E-state index in [1.54, 1.807) is 0 Å². The maximum atomic E-state index is 3.49. The number of nitrogens with zero attached hydrogens (tertiary/aromatic N) is 1. The van der Waals surface area contributed by atoms with Crippen LogP contribution in [0.5, 0.6) is 0 Å². The average Bonchev–Trinajstić information content (AvgIpc) is 2.93. The molecule has 0 aliphatic rings. The molecule has 0 atom stereocenters. The molecule has 3 aromatic rings. The van der Waals surface area contributed by atoms with E-state index in [1.807, 2.05) is 0 Å². The third-order valence-electron chi connectivity index (χ3n) is 3.99. The maximum absolute atomic E-state index is 3.49. The summed E-state index contributed by atoms with van der Waals surface area (Å²) in [7, 11) is 0. The Morgan fingerprint density at radius 3 is 2.57 bits per heavy atom. The molecule has 2 aromatic carbocycles. The van der Waals surface area contributed by atoms with Gasteiger partial charge in [-0.3, -0.25) is 0 Å². The first-order valence-electron chi connectivity index (χ1n) is 7.65. The van der Waals surface area contributed by atoms with Crippen molar-refractivity contribution in [3.63, 3.8) is 0 Å². The molecule has 2 heteroatoms. The lowest BCUT2D eigenvalue weighted by Crippen LogP contribution is -2.10. The topological polar surface area (TPSA) is 17.0 Å². The van der Waals surface area contributed by atoms with Crippen LogP contribution in [-0.4, -0.2) is 11.1 Å². The van der Waals surface area contributed by atoms with Crippen molar-refractivity contribution in [3.8, 4) is 0 Å². The number of aromatic nitrogens is 1. The zero-order valence-corrected chi connectivity index (χ0v) is 12.8. The normalized spacial score (nSPS) is 11.0. The first kappa shape index (κ1) is 13.7. The molecule has 0 unspecified atom stereocenters. The van der Waals surface area contributed by atoms with E-state index in [-0.39, 0.29) is 0 Å². The van der Waals surface area contributed by atoms with E-state index in [1.165, 1.54) is 27.7 Å². The number of anilines is 1. The fourth-order valence-corrected chi connectivity index (χ4v) is 2.80. The molecule has 0 aliphatic heterocycles. The van der Waals surface area contributed by atoms with Crippen molar-refractivity contribution in [2.24, 2.45) is 0 Å². The monoisotopic (exact) mass is 278 g/mol. The predicted molar refractivity (Wildman–Crippen MR) is 91.0 cm³/mol. The van der Waals surface area contributed by atoms with E-state index < -0.39 is 0 Å². The molecule has 0 saturated carbocycles. The van der Waals surface area contributed by atoms with Crippen LogP contribution in [0.15, 0.2) is 54.7 Å². The number of nitrogens with one attached hydrogen (secondary N) is 1. The van der Waals surface area contributed by atoms with Gasteiger partial charge in [-0.1, -0.05) is 42.8 Å². The second-order valence-corrected chi connectivity index (χ2v) is 5.51. The van der Waals surface area contributed by atoms with Gasteiger partial charge < -0.3 is 9.88 Å². The summed E-state index contributed by atoms with van der Waals surface area (Å²) in [6.07, 6.45) is 3.27. The van der Waals surface area contributed by atoms with Gasteiger partial charge in [0.15, 0.2) is 0 Å². The Bertz CT molecular complexity index is 723. The Labute approximate surface area is 126 Å². The minimum absolute atomic E-state index is 0.935. The molecular formula is C19H22N2. The van der Waals surface area contributed by atoms with Gasteiger partial charge >= 0.3 is 0 Å². The lowest BCUT2D eigenvalue weighted by Gasteiger charge is -2.11. The molecule has 0 saturated heterocycles. The highest BCUT2D eigenvalue weighted by molar-refractivity contribution is 5.83. The molecule has 1 heterocycles. The highest BCUT2D eigenvalue weighted by Crippen LogP contribution is 2.20. The highest BCUT2D eigenvalue weighted by Gasteiger charge is 2.04. The first-order chi connectivity index (χ1) is 10.3. The SMILES string of the molecule is CCc1cccc2ccn(CCNc3ccc(C)cc3)c12. The Hall–Kier alpha value is -2.22. The molecule has 1 aromatic heterocycles. The molecule has 0 fully saturated rings. The van der Waals surface area contributed by atoms with Gasteiger partial charge in [-0.05, 0) is 42.5 Å². The number of aryl methyl sites for hydroxylation is 2. The van der Waals surface area contributed by atoms with Gasteiger partial charge in [-0.15, -0.1) is 0 Å². The zero-order valence-electron chi connectivity index (χ0n) is 12.8. The van der Waals surface area contributed by atoms with Crippen LogP contribution in [0, 0.1) is 6.92 Å². The average molecular weight is 278 g/mol. The van der Waals surface area contributed by atoms with E-state index in [0.717, 1.165) is 19.5 Å². The van der Waals surface area contributed by atoms with Gasteiger partial charge in [0.2, 0.25) is 0 Å². The summed E-state index contributed by atoms with van der Waals surface area (Å²) >= 11 is 0. The van der Waals surface area contributed by atoms with Gasteiger partial charge in [0.1, 0.15) is 0 Å². The van der Waals surface area contributed by atoms with Crippen LogP contribution in [0.25, 0.3) is 10.9 Å². The first-order valence-corrected chi connectivity index (χ1v) is 7.65. The number of hydrogen-bond donors (Lipinski definition) is 1.